The van der Waals surface area contributed by atoms with Gasteiger partial charge in [-0.2, -0.15) is 0 Å². The number of amides is 1. The molecule has 4 heteroatoms. The third-order valence-electron chi connectivity index (χ3n) is 2.69. The van der Waals surface area contributed by atoms with Gasteiger partial charge in [-0.15, -0.1) is 0 Å². The summed E-state index contributed by atoms with van der Waals surface area (Å²) in [5.74, 6) is -0.148. The molecule has 94 valence electrons. The van der Waals surface area contributed by atoms with E-state index in [-0.39, 0.29) is 5.91 Å². The standard InChI is InChI=1S/C13H21N3O/c1-13(14,11-7-5-4-6-8-11)12(17)15-9-10-16(2)3/h4-8H,9-10,14H2,1-3H3,(H,15,17). The van der Waals surface area contributed by atoms with E-state index in [1.165, 1.54) is 0 Å². The Hall–Kier alpha value is -1.39. The molecule has 1 rings (SSSR count). The van der Waals surface area contributed by atoms with E-state index in [4.69, 9.17) is 5.73 Å². The van der Waals surface area contributed by atoms with Crippen molar-refractivity contribution in [2.45, 2.75) is 12.5 Å². The van der Waals surface area contributed by atoms with Crippen molar-refractivity contribution in [3.8, 4) is 0 Å². The number of nitrogens with zero attached hydrogens (tertiary/aromatic N) is 1. The van der Waals surface area contributed by atoms with Gasteiger partial charge in [0, 0.05) is 13.1 Å². The van der Waals surface area contributed by atoms with Crippen molar-refractivity contribution in [3.63, 3.8) is 0 Å². The predicted octanol–water partition coefficient (Wildman–Crippen LogP) is 0.538. The van der Waals surface area contributed by atoms with Crippen molar-refractivity contribution in [2.75, 3.05) is 27.2 Å². The third kappa shape index (κ3) is 3.84. The lowest BCUT2D eigenvalue weighted by atomic mass is 9.92. The molecule has 1 amide bonds. The van der Waals surface area contributed by atoms with Crippen LogP contribution < -0.4 is 11.1 Å². The van der Waals surface area contributed by atoms with Gasteiger partial charge in [0.15, 0.2) is 0 Å². The van der Waals surface area contributed by atoms with E-state index in [0.717, 1.165) is 12.1 Å². The van der Waals surface area contributed by atoms with Crippen LogP contribution in [0.3, 0.4) is 0 Å². The van der Waals surface area contributed by atoms with Gasteiger partial charge in [0.1, 0.15) is 5.54 Å². The summed E-state index contributed by atoms with van der Waals surface area (Å²) < 4.78 is 0. The lowest BCUT2D eigenvalue weighted by Crippen LogP contribution is -2.50. The number of hydrogen-bond acceptors (Lipinski definition) is 3. The van der Waals surface area contributed by atoms with E-state index in [2.05, 4.69) is 5.32 Å². The summed E-state index contributed by atoms with van der Waals surface area (Å²) in [6.07, 6.45) is 0. The maximum Gasteiger partial charge on any atom is 0.244 e. The normalized spacial score (nSPS) is 14.4. The Balaban J connectivity index is 2.61. The zero-order valence-electron chi connectivity index (χ0n) is 10.7. The van der Waals surface area contributed by atoms with E-state index >= 15 is 0 Å². The molecule has 17 heavy (non-hydrogen) atoms. The predicted molar refractivity (Wildman–Crippen MR) is 69.5 cm³/mol. The fourth-order valence-corrected chi connectivity index (χ4v) is 1.49. The molecule has 0 aliphatic rings. The Bertz CT molecular complexity index is 360. The second kappa shape index (κ2) is 5.80. The minimum Gasteiger partial charge on any atom is -0.353 e. The molecule has 0 aliphatic heterocycles. The van der Waals surface area contributed by atoms with Gasteiger partial charge in [0.05, 0.1) is 0 Å². The van der Waals surface area contributed by atoms with Crippen molar-refractivity contribution in [1.29, 1.82) is 0 Å². The molecule has 0 aromatic heterocycles. The molecule has 1 aromatic rings. The van der Waals surface area contributed by atoms with E-state index in [1.807, 2.05) is 49.3 Å². The first-order valence-corrected chi connectivity index (χ1v) is 5.72. The first kappa shape index (κ1) is 13.7. The average molecular weight is 235 g/mol. The van der Waals surface area contributed by atoms with Crippen LogP contribution in [0.1, 0.15) is 12.5 Å². The largest absolute Gasteiger partial charge is 0.353 e. The van der Waals surface area contributed by atoms with Gasteiger partial charge < -0.3 is 16.0 Å². The number of nitrogens with one attached hydrogen (secondary N) is 1. The molecule has 0 saturated carbocycles. The Morgan fingerprint density at radius 1 is 1.35 bits per heavy atom. The van der Waals surface area contributed by atoms with Gasteiger partial charge in [0.2, 0.25) is 5.91 Å². The van der Waals surface area contributed by atoms with Gasteiger partial charge in [-0.3, -0.25) is 4.79 Å². The Morgan fingerprint density at radius 2 is 1.94 bits per heavy atom. The van der Waals surface area contributed by atoms with E-state index in [1.54, 1.807) is 6.92 Å². The van der Waals surface area contributed by atoms with E-state index in [9.17, 15) is 4.79 Å². The van der Waals surface area contributed by atoms with Crippen LogP contribution in [0.2, 0.25) is 0 Å². The summed E-state index contributed by atoms with van der Waals surface area (Å²) in [5, 5.41) is 2.85. The minimum atomic E-state index is -0.979. The summed E-state index contributed by atoms with van der Waals surface area (Å²) in [6.45, 7) is 3.13. The molecule has 3 N–H and O–H groups in total. The van der Waals surface area contributed by atoms with Crippen LogP contribution >= 0.6 is 0 Å². The lowest BCUT2D eigenvalue weighted by Gasteiger charge is -2.24. The Kier molecular flexibility index (Phi) is 4.66. The fourth-order valence-electron chi connectivity index (χ4n) is 1.49. The highest BCUT2D eigenvalue weighted by molar-refractivity contribution is 5.86. The van der Waals surface area contributed by atoms with Gasteiger partial charge in [0.25, 0.3) is 0 Å². The molecular formula is C13H21N3O. The number of hydrogen-bond donors (Lipinski definition) is 2. The van der Waals surface area contributed by atoms with E-state index in [0.29, 0.717) is 6.54 Å². The van der Waals surface area contributed by atoms with Crippen LogP contribution in [0.25, 0.3) is 0 Å². The highest BCUT2D eigenvalue weighted by atomic mass is 16.2. The summed E-state index contributed by atoms with van der Waals surface area (Å²) in [4.78, 5) is 14.0. The van der Waals surface area contributed by atoms with Crippen molar-refractivity contribution in [3.05, 3.63) is 35.9 Å². The maximum absolute atomic E-state index is 12.0. The smallest absolute Gasteiger partial charge is 0.244 e. The molecule has 0 radical (unpaired) electrons. The SMILES string of the molecule is CN(C)CCNC(=O)C(C)(N)c1ccccc1. The summed E-state index contributed by atoms with van der Waals surface area (Å²) in [5.41, 5.74) is 5.92. The molecule has 0 fully saturated rings. The molecular weight excluding hydrogens is 214 g/mol. The molecule has 1 unspecified atom stereocenters. The van der Waals surface area contributed by atoms with Gasteiger partial charge in [-0.25, -0.2) is 0 Å². The Labute approximate surface area is 103 Å². The monoisotopic (exact) mass is 235 g/mol. The van der Waals surface area contributed by atoms with Crippen LogP contribution in [0, 0.1) is 0 Å². The lowest BCUT2D eigenvalue weighted by molar-refractivity contribution is -0.126. The molecule has 0 bridgehead atoms. The molecule has 1 aromatic carbocycles. The number of rotatable bonds is 5. The van der Waals surface area contributed by atoms with Crippen LogP contribution in [0.15, 0.2) is 30.3 Å². The van der Waals surface area contributed by atoms with Crippen molar-refractivity contribution < 1.29 is 4.79 Å². The molecule has 0 heterocycles. The molecule has 0 spiro atoms. The van der Waals surface area contributed by atoms with Crippen LogP contribution in [-0.2, 0) is 10.3 Å². The first-order chi connectivity index (χ1) is 7.94. The second-order valence-electron chi connectivity index (χ2n) is 4.63. The van der Waals surface area contributed by atoms with Gasteiger partial charge >= 0.3 is 0 Å². The molecule has 1 atom stereocenters. The van der Waals surface area contributed by atoms with Crippen LogP contribution in [0.5, 0.6) is 0 Å². The number of nitrogens with two attached hydrogens (primary N) is 1. The number of carbonyl (C=O) groups is 1. The topological polar surface area (TPSA) is 58.4 Å². The van der Waals surface area contributed by atoms with Crippen molar-refractivity contribution in [2.24, 2.45) is 5.73 Å². The first-order valence-electron chi connectivity index (χ1n) is 5.72. The van der Waals surface area contributed by atoms with Crippen LogP contribution in [-0.4, -0.2) is 38.0 Å². The summed E-state index contributed by atoms with van der Waals surface area (Å²) >= 11 is 0. The maximum atomic E-state index is 12.0. The number of likely N-dealkylation sites (N-methyl/N-ethyl adjacent to an activating group) is 1. The fraction of sp³-hybridized carbons (Fsp3) is 0.462. The zero-order chi connectivity index (χ0) is 12.9. The summed E-state index contributed by atoms with van der Waals surface area (Å²) in [7, 11) is 3.93. The van der Waals surface area contributed by atoms with Crippen molar-refractivity contribution >= 4 is 5.91 Å². The number of carbonyl (C=O) groups excluding carboxylic acids is 1. The van der Waals surface area contributed by atoms with E-state index < -0.39 is 5.54 Å². The highest BCUT2D eigenvalue weighted by Crippen LogP contribution is 2.16. The number of benzene rings is 1. The third-order valence-corrected chi connectivity index (χ3v) is 2.69. The summed E-state index contributed by atoms with van der Waals surface area (Å²) in [6, 6.07) is 9.40. The molecule has 0 aliphatic carbocycles. The molecule has 4 nitrogen and oxygen atoms in total. The van der Waals surface area contributed by atoms with Gasteiger partial charge in [-0.05, 0) is 26.6 Å². The average Bonchev–Trinajstić information content (AvgIpc) is 2.29. The van der Waals surface area contributed by atoms with Crippen molar-refractivity contribution in [1.82, 2.24) is 10.2 Å². The van der Waals surface area contributed by atoms with Crippen LogP contribution in [0.4, 0.5) is 0 Å². The highest BCUT2D eigenvalue weighted by Gasteiger charge is 2.29. The quantitative estimate of drug-likeness (QED) is 0.783. The molecule has 0 saturated heterocycles. The Morgan fingerprint density at radius 3 is 2.47 bits per heavy atom. The van der Waals surface area contributed by atoms with Gasteiger partial charge in [-0.1, -0.05) is 30.3 Å². The second-order valence-corrected chi connectivity index (χ2v) is 4.63. The zero-order valence-corrected chi connectivity index (χ0v) is 10.7. The minimum absolute atomic E-state index is 0.148.